The number of carbonyl (C=O) groups is 1. The molecule has 0 amide bonds. The monoisotopic (exact) mass is 308 g/mol. The van der Waals surface area contributed by atoms with Crippen molar-refractivity contribution in [3.63, 3.8) is 0 Å². The molecule has 0 aliphatic heterocycles. The van der Waals surface area contributed by atoms with E-state index in [2.05, 4.69) is 32.0 Å². The van der Waals surface area contributed by atoms with Crippen LogP contribution in [0.25, 0.3) is 0 Å². The summed E-state index contributed by atoms with van der Waals surface area (Å²) in [5.41, 5.74) is 2.61. The standard InChI is InChI=1S/C11H14O2Te/c1-8-3-4-10(7-9(8)2)14-6-5-11(12)13/h3-4,7H,5-6H2,1-2H3,(H,12,13). The molecule has 0 radical (unpaired) electrons. The maximum atomic E-state index is 10.3. The van der Waals surface area contributed by atoms with Crippen LogP contribution in [0.2, 0.25) is 4.47 Å². The third-order valence-electron chi connectivity index (χ3n) is 2.06. The summed E-state index contributed by atoms with van der Waals surface area (Å²) in [6.45, 7) is 4.19. The molecule has 0 atom stereocenters. The van der Waals surface area contributed by atoms with E-state index in [1.165, 1.54) is 14.7 Å². The minimum atomic E-state index is -0.682. The SMILES string of the molecule is Cc1ccc([Te]CCC(=O)O)cc1C. The molecule has 76 valence electrons. The fraction of sp³-hybridized carbons (Fsp3) is 0.364. The van der Waals surface area contributed by atoms with Crippen LogP contribution in [0.4, 0.5) is 0 Å². The molecule has 0 saturated heterocycles. The molecule has 0 aliphatic carbocycles. The van der Waals surface area contributed by atoms with Gasteiger partial charge in [0, 0.05) is 0 Å². The second-order valence-corrected chi connectivity index (χ2v) is 6.57. The Hall–Kier alpha value is -0.520. The Morgan fingerprint density at radius 2 is 2.07 bits per heavy atom. The van der Waals surface area contributed by atoms with Gasteiger partial charge < -0.3 is 0 Å². The van der Waals surface area contributed by atoms with Gasteiger partial charge in [-0.15, -0.1) is 0 Å². The Kier molecular flexibility index (Phi) is 4.44. The van der Waals surface area contributed by atoms with Gasteiger partial charge >= 0.3 is 94.5 Å². The summed E-state index contributed by atoms with van der Waals surface area (Å²) < 4.78 is 2.21. The van der Waals surface area contributed by atoms with Crippen molar-refractivity contribution in [1.29, 1.82) is 0 Å². The second-order valence-electron chi connectivity index (χ2n) is 3.24. The summed E-state index contributed by atoms with van der Waals surface area (Å²) in [4.78, 5) is 10.3. The molecule has 0 fully saturated rings. The van der Waals surface area contributed by atoms with Gasteiger partial charge in [-0.1, -0.05) is 0 Å². The molecule has 1 rings (SSSR count). The van der Waals surface area contributed by atoms with Crippen LogP contribution >= 0.6 is 0 Å². The zero-order chi connectivity index (χ0) is 10.6. The van der Waals surface area contributed by atoms with Crippen molar-refractivity contribution in [2.45, 2.75) is 24.7 Å². The molecule has 0 unspecified atom stereocenters. The molecular weight excluding hydrogens is 292 g/mol. The van der Waals surface area contributed by atoms with Crippen LogP contribution in [-0.2, 0) is 4.79 Å². The summed E-state index contributed by atoms with van der Waals surface area (Å²) in [7, 11) is 0. The summed E-state index contributed by atoms with van der Waals surface area (Å²) >= 11 is -0.294. The number of carboxylic acid groups (broad SMARTS) is 1. The summed E-state index contributed by atoms with van der Waals surface area (Å²) in [6.07, 6.45) is 0.315. The van der Waals surface area contributed by atoms with E-state index in [4.69, 9.17) is 5.11 Å². The van der Waals surface area contributed by atoms with Gasteiger partial charge in [0.2, 0.25) is 0 Å². The zero-order valence-electron chi connectivity index (χ0n) is 8.41. The predicted molar refractivity (Wildman–Crippen MR) is 58.4 cm³/mol. The average Bonchev–Trinajstić information content (AvgIpc) is 2.10. The van der Waals surface area contributed by atoms with E-state index in [0.29, 0.717) is 6.42 Å². The van der Waals surface area contributed by atoms with Crippen LogP contribution in [0.1, 0.15) is 17.5 Å². The van der Waals surface area contributed by atoms with Crippen molar-refractivity contribution in [3.05, 3.63) is 29.3 Å². The molecule has 1 aromatic carbocycles. The molecule has 0 aliphatic rings. The summed E-state index contributed by atoms with van der Waals surface area (Å²) in [6, 6.07) is 6.45. The normalized spacial score (nSPS) is 10.1. The quantitative estimate of drug-likeness (QED) is 0.857. The first-order valence-electron chi connectivity index (χ1n) is 4.51. The number of hydrogen-bond donors (Lipinski definition) is 1. The fourth-order valence-electron chi connectivity index (χ4n) is 1.06. The molecule has 2 nitrogen and oxygen atoms in total. The Labute approximate surface area is 94.4 Å². The number of aliphatic carboxylic acids is 1. The molecule has 0 aromatic heterocycles. The number of carboxylic acids is 1. The van der Waals surface area contributed by atoms with Crippen LogP contribution in [0.15, 0.2) is 18.2 Å². The Morgan fingerprint density at radius 3 is 2.64 bits per heavy atom. The Morgan fingerprint density at radius 1 is 1.36 bits per heavy atom. The molecule has 0 bridgehead atoms. The van der Waals surface area contributed by atoms with E-state index in [0.717, 1.165) is 4.47 Å². The van der Waals surface area contributed by atoms with Crippen LogP contribution in [0, 0.1) is 13.8 Å². The van der Waals surface area contributed by atoms with E-state index in [-0.39, 0.29) is 20.9 Å². The molecule has 14 heavy (non-hydrogen) atoms. The van der Waals surface area contributed by atoms with E-state index in [1.807, 2.05) is 0 Å². The van der Waals surface area contributed by atoms with Crippen LogP contribution in [-0.4, -0.2) is 32.0 Å². The van der Waals surface area contributed by atoms with Crippen molar-refractivity contribution >= 4 is 30.5 Å². The number of aryl methyl sites for hydroxylation is 2. The maximum absolute atomic E-state index is 10.3. The predicted octanol–water partition coefficient (Wildman–Crippen LogP) is 1.53. The third kappa shape index (κ3) is 3.69. The van der Waals surface area contributed by atoms with Gasteiger partial charge in [0.25, 0.3) is 0 Å². The van der Waals surface area contributed by atoms with Crippen molar-refractivity contribution in [3.8, 4) is 0 Å². The van der Waals surface area contributed by atoms with Crippen LogP contribution in [0.3, 0.4) is 0 Å². The number of rotatable bonds is 4. The molecule has 0 heterocycles. The second kappa shape index (κ2) is 5.38. The van der Waals surface area contributed by atoms with Crippen molar-refractivity contribution < 1.29 is 9.90 Å². The van der Waals surface area contributed by atoms with Crippen molar-refractivity contribution in [2.24, 2.45) is 0 Å². The van der Waals surface area contributed by atoms with Gasteiger partial charge in [-0.25, -0.2) is 0 Å². The molecule has 1 N–H and O–H groups in total. The van der Waals surface area contributed by atoms with E-state index >= 15 is 0 Å². The average molecular weight is 306 g/mol. The van der Waals surface area contributed by atoms with Gasteiger partial charge in [-0.2, -0.15) is 0 Å². The minimum absolute atomic E-state index is 0.294. The summed E-state index contributed by atoms with van der Waals surface area (Å²) in [5, 5.41) is 8.51. The van der Waals surface area contributed by atoms with E-state index < -0.39 is 5.97 Å². The van der Waals surface area contributed by atoms with E-state index in [9.17, 15) is 4.79 Å². The molecule has 0 saturated carbocycles. The summed E-state index contributed by atoms with van der Waals surface area (Å²) in [5.74, 6) is -0.682. The molecule has 0 spiro atoms. The first-order valence-corrected chi connectivity index (χ1v) is 7.33. The zero-order valence-corrected chi connectivity index (χ0v) is 10.7. The molecular formula is C11H14O2Te. The Bertz CT molecular complexity index is 334. The first kappa shape index (κ1) is 11.6. The first-order chi connectivity index (χ1) is 6.59. The third-order valence-corrected chi connectivity index (χ3v) is 4.90. The van der Waals surface area contributed by atoms with Gasteiger partial charge in [0.15, 0.2) is 0 Å². The van der Waals surface area contributed by atoms with Gasteiger partial charge in [0.1, 0.15) is 0 Å². The number of hydrogen-bond acceptors (Lipinski definition) is 1. The van der Waals surface area contributed by atoms with Gasteiger partial charge in [0.05, 0.1) is 0 Å². The topological polar surface area (TPSA) is 37.3 Å². The molecule has 1 aromatic rings. The van der Waals surface area contributed by atoms with E-state index in [1.54, 1.807) is 0 Å². The number of benzene rings is 1. The van der Waals surface area contributed by atoms with Crippen molar-refractivity contribution in [2.75, 3.05) is 0 Å². The Balaban J connectivity index is 2.51. The van der Waals surface area contributed by atoms with Crippen molar-refractivity contribution in [1.82, 2.24) is 0 Å². The fourth-order valence-corrected chi connectivity index (χ4v) is 3.73. The van der Waals surface area contributed by atoms with Crippen LogP contribution < -0.4 is 3.61 Å². The van der Waals surface area contributed by atoms with Gasteiger partial charge in [-0.3, -0.25) is 0 Å². The molecule has 3 heteroatoms. The van der Waals surface area contributed by atoms with Gasteiger partial charge in [-0.05, 0) is 0 Å². The van der Waals surface area contributed by atoms with Crippen LogP contribution in [0.5, 0.6) is 0 Å².